The van der Waals surface area contributed by atoms with Gasteiger partial charge in [-0.15, -0.1) is 0 Å². The van der Waals surface area contributed by atoms with Gasteiger partial charge in [0.1, 0.15) is 5.54 Å². The summed E-state index contributed by atoms with van der Waals surface area (Å²) < 4.78 is 4.64. The lowest BCUT2D eigenvalue weighted by Crippen LogP contribution is -2.52. The van der Waals surface area contributed by atoms with Gasteiger partial charge in [-0.25, -0.2) is 4.79 Å². The van der Waals surface area contributed by atoms with E-state index in [1.807, 2.05) is 6.92 Å². The van der Waals surface area contributed by atoms with Crippen LogP contribution >= 0.6 is 0 Å². The summed E-state index contributed by atoms with van der Waals surface area (Å²) in [6.45, 7) is 6.82. The van der Waals surface area contributed by atoms with Gasteiger partial charge in [-0.1, -0.05) is 6.92 Å². The summed E-state index contributed by atoms with van der Waals surface area (Å²) in [5, 5.41) is 5.88. The molecule has 1 aliphatic rings. The van der Waals surface area contributed by atoms with Crippen LogP contribution in [-0.2, 0) is 14.3 Å². The van der Waals surface area contributed by atoms with E-state index in [1.54, 1.807) is 13.8 Å². The molecule has 0 unspecified atom stereocenters. The second-order valence-electron chi connectivity index (χ2n) is 4.85. The van der Waals surface area contributed by atoms with Crippen molar-refractivity contribution < 1.29 is 14.3 Å². The van der Waals surface area contributed by atoms with Crippen LogP contribution in [0.5, 0.6) is 0 Å². The highest BCUT2D eigenvalue weighted by Gasteiger charge is 2.36. The molecule has 92 valence electrons. The number of nitrogens with one attached hydrogen (secondary N) is 2. The van der Waals surface area contributed by atoms with Crippen molar-refractivity contribution in [2.75, 3.05) is 20.2 Å². The number of carbonyl (C=O) groups is 2. The maximum atomic E-state index is 11.9. The van der Waals surface area contributed by atoms with Crippen LogP contribution in [0.4, 0.5) is 0 Å². The van der Waals surface area contributed by atoms with E-state index in [1.165, 1.54) is 7.11 Å². The highest BCUT2D eigenvalue weighted by molar-refractivity contribution is 5.88. The van der Waals surface area contributed by atoms with E-state index < -0.39 is 11.5 Å². The summed E-state index contributed by atoms with van der Waals surface area (Å²) in [4.78, 5) is 23.3. The normalized spacial score (nSPS) is 25.2. The molecule has 1 fully saturated rings. The van der Waals surface area contributed by atoms with Crippen molar-refractivity contribution in [1.29, 1.82) is 0 Å². The smallest absolute Gasteiger partial charge is 0.330 e. The molecule has 1 aliphatic heterocycles. The fraction of sp³-hybridized carbons (Fsp3) is 0.818. The lowest BCUT2D eigenvalue weighted by Gasteiger charge is -2.25. The van der Waals surface area contributed by atoms with Gasteiger partial charge in [0.15, 0.2) is 0 Å². The molecule has 0 aromatic heterocycles. The third-order valence-electron chi connectivity index (χ3n) is 2.99. The number of esters is 1. The van der Waals surface area contributed by atoms with Gasteiger partial charge in [-0.3, -0.25) is 4.79 Å². The predicted molar refractivity (Wildman–Crippen MR) is 59.8 cm³/mol. The molecule has 1 amide bonds. The van der Waals surface area contributed by atoms with Crippen LogP contribution in [0, 0.1) is 11.8 Å². The first-order valence-corrected chi connectivity index (χ1v) is 5.49. The third kappa shape index (κ3) is 2.72. The Labute approximate surface area is 95.9 Å². The van der Waals surface area contributed by atoms with Gasteiger partial charge in [-0.05, 0) is 26.3 Å². The van der Waals surface area contributed by atoms with Crippen molar-refractivity contribution in [3.05, 3.63) is 0 Å². The quantitative estimate of drug-likeness (QED) is 0.662. The largest absolute Gasteiger partial charge is 0.467 e. The zero-order valence-electron chi connectivity index (χ0n) is 10.3. The zero-order chi connectivity index (χ0) is 12.3. The van der Waals surface area contributed by atoms with Crippen LogP contribution < -0.4 is 10.6 Å². The minimum absolute atomic E-state index is 0.0658. The van der Waals surface area contributed by atoms with E-state index in [-0.39, 0.29) is 11.8 Å². The molecule has 1 saturated heterocycles. The topological polar surface area (TPSA) is 67.4 Å². The van der Waals surface area contributed by atoms with E-state index in [4.69, 9.17) is 0 Å². The van der Waals surface area contributed by atoms with Crippen LogP contribution in [0.15, 0.2) is 0 Å². The molecule has 0 saturated carbocycles. The third-order valence-corrected chi connectivity index (χ3v) is 2.99. The first kappa shape index (κ1) is 13.0. The van der Waals surface area contributed by atoms with Crippen LogP contribution in [-0.4, -0.2) is 37.6 Å². The molecule has 0 spiro atoms. The second-order valence-corrected chi connectivity index (χ2v) is 4.85. The summed E-state index contributed by atoms with van der Waals surface area (Å²) in [5.74, 6) is -0.287. The maximum absolute atomic E-state index is 11.9. The molecule has 0 aliphatic carbocycles. The van der Waals surface area contributed by atoms with E-state index in [0.29, 0.717) is 12.5 Å². The highest BCUT2D eigenvalue weighted by atomic mass is 16.5. The molecule has 0 bridgehead atoms. The SMILES string of the molecule is COC(=O)C(C)(C)NC(=O)[C@@H]1CNC[C@H]1C. The minimum atomic E-state index is -0.964. The lowest BCUT2D eigenvalue weighted by atomic mass is 9.95. The van der Waals surface area contributed by atoms with Crippen molar-refractivity contribution in [3.63, 3.8) is 0 Å². The van der Waals surface area contributed by atoms with Gasteiger partial charge in [0.25, 0.3) is 0 Å². The molecule has 2 atom stereocenters. The number of amides is 1. The summed E-state index contributed by atoms with van der Waals surface area (Å²) in [7, 11) is 1.32. The van der Waals surface area contributed by atoms with Crippen LogP contribution in [0.1, 0.15) is 20.8 Å². The van der Waals surface area contributed by atoms with E-state index in [9.17, 15) is 9.59 Å². The summed E-state index contributed by atoms with van der Waals surface area (Å²) in [6, 6.07) is 0. The van der Waals surface area contributed by atoms with Crippen molar-refractivity contribution in [2.24, 2.45) is 11.8 Å². The average Bonchev–Trinajstić information content (AvgIpc) is 2.62. The Bertz CT molecular complexity index is 289. The van der Waals surface area contributed by atoms with E-state index in [2.05, 4.69) is 15.4 Å². The number of hydrogen-bond donors (Lipinski definition) is 2. The minimum Gasteiger partial charge on any atom is -0.467 e. The Morgan fingerprint density at radius 1 is 1.38 bits per heavy atom. The van der Waals surface area contributed by atoms with Crippen molar-refractivity contribution >= 4 is 11.9 Å². The summed E-state index contributed by atoms with van der Waals surface area (Å²) in [5.41, 5.74) is -0.964. The summed E-state index contributed by atoms with van der Waals surface area (Å²) in [6.07, 6.45) is 0. The fourth-order valence-corrected chi connectivity index (χ4v) is 1.87. The molecule has 0 radical (unpaired) electrons. The predicted octanol–water partition coefficient (Wildman–Crippen LogP) is -0.0903. The van der Waals surface area contributed by atoms with Crippen molar-refractivity contribution in [1.82, 2.24) is 10.6 Å². The fourth-order valence-electron chi connectivity index (χ4n) is 1.87. The molecule has 1 rings (SSSR count). The van der Waals surface area contributed by atoms with Crippen LogP contribution in [0.2, 0.25) is 0 Å². The highest BCUT2D eigenvalue weighted by Crippen LogP contribution is 2.17. The van der Waals surface area contributed by atoms with Gasteiger partial charge in [0, 0.05) is 6.54 Å². The van der Waals surface area contributed by atoms with Gasteiger partial charge in [0.2, 0.25) is 5.91 Å². The molecular weight excluding hydrogens is 208 g/mol. The Morgan fingerprint density at radius 3 is 2.44 bits per heavy atom. The molecule has 16 heavy (non-hydrogen) atoms. The first-order chi connectivity index (χ1) is 7.38. The molecular formula is C11H20N2O3. The number of rotatable bonds is 3. The molecule has 2 N–H and O–H groups in total. The van der Waals surface area contributed by atoms with Gasteiger partial charge in [0.05, 0.1) is 13.0 Å². The van der Waals surface area contributed by atoms with E-state index in [0.717, 1.165) is 6.54 Å². The van der Waals surface area contributed by atoms with E-state index >= 15 is 0 Å². The van der Waals surface area contributed by atoms with Crippen LogP contribution in [0.25, 0.3) is 0 Å². The molecule has 0 aromatic carbocycles. The van der Waals surface area contributed by atoms with Crippen molar-refractivity contribution in [2.45, 2.75) is 26.3 Å². The molecule has 5 heteroatoms. The Morgan fingerprint density at radius 2 is 2.00 bits per heavy atom. The summed E-state index contributed by atoms with van der Waals surface area (Å²) >= 11 is 0. The van der Waals surface area contributed by atoms with Crippen molar-refractivity contribution in [3.8, 4) is 0 Å². The maximum Gasteiger partial charge on any atom is 0.330 e. The molecule has 5 nitrogen and oxygen atoms in total. The first-order valence-electron chi connectivity index (χ1n) is 5.49. The monoisotopic (exact) mass is 228 g/mol. The van der Waals surface area contributed by atoms with Gasteiger partial charge >= 0.3 is 5.97 Å². The van der Waals surface area contributed by atoms with Crippen LogP contribution in [0.3, 0.4) is 0 Å². The number of carbonyl (C=O) groups excluding carboxylic acids is 2. The number of methoxy groups -OCH3 is 1. The average molecular weight is 228 g/mol. The molecule has 1 heterocycles. The zero-order valence-corrected chi connectivity index (χ0v) is 10.3. The number of hydrogen-bond acceptors (Lipinski definition) is 4. The van der Waals surface area contributed by atoms with Gasteiger partial charge < -0.3 is 15.4 Å². The number of ether oxygens (including phenoxy) is 1. The second kappa shape index (κ2) is 4.82. The Balaban J connectivity index is 2.60. The lowest BCUT2D eigenvalue weighted by molar-refractivity contribution is -0.150. The Hall–Kier alpha value is -1.10. The van der Waals surface area contributed by atoms with Gasteiger partial charge in [-0.2, -0.15) is 0 Å². The standard InChI is InChI=1S/C11H20N2O3/c1-7-5-12-6-8(7)9(14)13-11(2,3)10(15)16-4/h7-8,12H,5-6H2,1-4H3,(H,13,14)/t7-,8-/m1/s1. The Kier molecular flexibility index (Phi) is 3.91. The molecule has 0 aromatic rings.